The summed E-state index contributed by atoms with van der Waals surface area (Å²) in [5.74, 6) is 0.787. The van der Waals surface area contributed by atoms with Crippen LogP contribution < -0.4 is 16.2 Å². The second kappa shape index (κ2) is 4.94. The molecule has 0 saturated carbocycles. The van der Waals surface area contributed by atoms with E-state index in [-0.39, 0.29) is 0 Å². The number of rotatable bonds is 3. The first-order chi connectivity index (χ1) is 8.60. The average Bonchev–Trinajstić information content (AvgIpc) is 2.42. The fourth-order valence-corrected chi connectivity index (χ4v) is 2.03. The summed E-state index contributed by atoms with van der Waals surface area (Å²) in [4.78, 5) is 0. The Hall–Kier alpha value is -1.62. The zero-order valence-corrected chi connectivity index (χ0v) is 10.6. The van der Waals surface area contributed by atoms with Crippen LogP contribution in [0.2, 0.25) is 0 Å². The molecule has 0 saturated heterocycles. The quantitative estimate of drug-likeness (QED) is 0.788. The van der Waals surface area contributed by atoms with Gasteiger partial charge < -0.3 is 15.2 Å². The van der Waals surface area contributed by atoms with Gasteiger partial charge in [0.15, 0.2) is 5.72 Å². The van der Waals surface area contributed by atoms with Crippen LogP contribution in [0.5, 0.6) is 5.75 Å². The topological polar surface area (TPSA) is 70.5 Å². The zero-order chi connectivity index (χ0) is 13.2. The van der Waals surface area contributed by atoms with E-state index in [4.69, 9.17) is 20.9 Å². The summed E-state index contributed by atoms with van der Waals surface area (Å²) in [6.45, 7) is 0. The lowest BCUT2D eigenvalue weighted by atomic mass is 9.87. The van der Waals surface area contributed by atoms with Gasteiger partial charge in [0.1, 0.15) is 5.75 Å². The lowest BCUT2D eigenvalue weighted by Gasteiger charge is -2.34. The Labute approximate surface area is 107 Å². The third-order valence-corrected chi connectivity index (χ3v) is 3.21. The van der Waals surface area contributed by atoms with Gasteiger partial charge in [-0.15, -0.1) is 0 Å². The Kier molecular flexibility index (Phi) is 3.52. The average molecular weight is 246 g/mol. The molecule has 1 aliphatic rings. The van der Waals surface area contributed by atoms with Crippen LogP contribution in [0.4, 0.5) is 0 Å². The minimum Gasteiger partial charge on any atom is -0.497 e. The van der Waals surface area contributed by atoms with Gasteiger partial charge in [-0.25, -0.2) is 0 Å². The molecule has 4 heteroatoms. The minimum absolute atomic E-state index is 0.417. The van der Waals surface area contributed by atoms with E-state index in [1.165, 1.54) is 0 Å². The van der Waals surface area contributed by atoms with Crippen LogP contribution in [-0.2, 0) is 4.74 Å². The minimum atomic E-state index is -0.965. The van der Waals surface area contributed by atoms with E-state index < -0.39 is 11.8 Å². The summed E-state index contributed by atoms with van der Waals surface area (Å²) in [7, 11) is 3.19. The molecule has 4 N–H and O–H groups in total. The maximum absolute atomic E-state index is 6.18. The van der Waals surface area contributed by atoms with Crippen molar-refractivity contribution in [3.8, 4) is 5.75 Å². The normalized spacial score (nSPS) is 26.9. The Morgan fingerprint density at radius 2 is 2.06 bits per heavy atom. The number of allylic oxidation sites excluding steroid dienone is 2. The highest BCUT2D eigenvalue weighted by Crippen LogP contribution is 2.29. The fraction of sp³-hybridized carbons (Fsp3) is 0.286. The molecule has 1 aliphatic carbocycles. The zero-order valence-electron chi connectivity index (χ0n) is 10.6. The van der Waals surface area contributed by atoms with Gasteiger partial charge in [-0.05, 0) is 29.3 Å². The molecule has 0 amide bonds. The molecule has 1 aromatic carbocycles. The molecule has 0 bridgehead atoms. The highest BCUT2D eigenvalue weighted by molar-refractivity contribution is 5.74. The maximum atomic E-state index is 6.18. The van der Waals surface area contributed by atoms with Gasteiger partial charge in [0, 0.05) is 7.11 Å². The molecule has 0 fully saturated rings. The van der Waals surface area contributed by atoms with Crippen molar-refractivity contribution < 1.29 is 9.47 Å². The van der Waals surface area contributed by atoms with Crippen molar-refractivity contribution in [3.63, 3.8) is 0 Å². The van der Waals surface area contributed by atoms with Gasteiger partial charge in [-0.3, -0.25) is 5.73 Å². The number of nitrogens with two attached hydrogens (primary N) is 2. The molecule has 1 aromatic rings. The van der Waals surface area contributed by atoms with Crippen LogP contribution in [0.25, 0.3) is 5.57 Å². The first kappa shape index (κ1) is 12.8. The molecule has 2 atom stereocenters. The summed E-state index contributed by atoms with van der Waals surface area (Å²) in [5, 5.41) is 0. The lowest BCUT2D eigenvalue weighted by molar-refractivity contribution is 0.0290. The van der Waals surface area contributed by atoms with E-state index in [1.807, 2.05) is 36.4 Å². The molecule has 18 heavy (non-hydrogen) atoms. The summed E-state index contributed by atoms with van der Waals surface area (Å²) in [6.07, 6.45) is 5.58. The van der Waals surface area contributed by atoms with Crippen molar-refractivity contribution in [3.05, 3.63) is 48.1 Å². The predicted octanol–water partition coefficient (Wildman–Crippen LogP) is 1.28. The molecule has 4 nitrogen and oxygen atoms in total. The van der Waals surface area contributed by atoms with E-state index >= 15 is 0 Å². The Morgan fingerprint density at radius 3 is 2.72 bits per heavy atom. The third-order valence-electron chi connectivity index (χ3n) is 3.21. The van der Waals surface area contributed by atoms with E-state index in [0.29, 0.717) is 0 Å². The summed E-state index contributed by atoms with van der Waals surface area (Å²) in [6, 6.07) is 7.30. The smallest absolute Gasteiger partial charge is 0.155 e. The highest BCUT2D eigenvalue weighted by Gasteiger charge is 2.34. The molecule has 0 spiro atoms. The highest BCUT2D eigenvalue weighted by atomic mass is 16.5. The fourth-order valence-electron chi connectivity index (χ4n) is 2.03. The monoisotopic (exact) mass is 246 g/mol. The van der Waals surface area contributed by atoms with Gasteiger partial charge in [0.25, 0.3) is 0 Å². The van der Waals surface area contributed by atoms with Crippen molar-refractivity contribution in [2.45, 2.75) is 11.8 Å². The van der Waals surface area contributed by atoms with Gasteiger partial charge in [0.05, 0.1) is 13.2 Å². The van der Waals surface area contributed by atoms with Crippen LogP contribution in [0.15, 0.2) is 42.5 Å². The van der Waals surface area contributed by atoms with Crippen LogP contribution in [0.3, 0.4) is 0 Å². The molecule has 96 valence electrons. The summed E-state index contributed by atoms with van der Waals surface area (Å²) in [5.41, 5.74) is 13.2. The van der Waals surface area contributed by atoms with Crippen molar-refractivity contribution in [1.29, 1.82) is 0 Å². The molecular weight excluding hydrogens is 228 g/mol. The Bertz CT molecular complexity index is 496. The molecule has 0 heterocycles. The van der Waals surface area contributed by atoms with Crippen LogP contribution in [0.1, 0.15) is 5.56 Å². The number of methoxy groups -OCH3 is 2. The van der Waals surface area contributed by atoms with Crippen molar-refractivity contribution in [1.82, 2.24) is 0 Å². The molecule has 2 unspecified atom stereocenters. The predicted molar refractivity (Wildman–Crippen MR) is 72.0 cm³/mol. The molecule has 0 aromatic heterocycles. The number of hydrogen-bond acceptors (Lipinski definition) is 4. The standard InChI is InChI=1S/C14H18N2O2/c1-17-11-6-3-5-10(9-11)12-7-4-8-14(16,18-2)13(12)15/h3-9,13H,15-16H2,1-2H3. The van der Waals surface area contributed by atoms with Crippen LogP contribution >= 0.6 is 0 Å². The molecule has 2 rings (SSSR count). The maximum Gasteiger partial charge on any atom is 0.155 e. The summed E-state index contributed by atoms with van der Waals surface area (Å²) >= 11 is 0. The SMILES string of the molecule is COc1cccc(C2=CC=CC(N)(OC)C2N)c1. The second-order valence-corrected chi connectivity index (χ2v) is 4.25. The van der Waals surface area contributed by atoms with Crippen LogP contribution in [0, 0.1) is 0 Å². The van der Waals surface area contributed by atoms with E-state index in [0.717, 1.165) is 16.9 Å². The van der Waals surface area contributed by atoms with Crippen molar-refractivity contribution >= 4 is 5.57 Å². The van der Waals surface area contributed by atoms with Gasteiger partial charge >= 0.3 is 0 Å². The first-order valence-electron chi connectivity index (χ1n) is 5.74. The lowest BCUT2D eigenvalue weighted by Crippen LogP contribution is -2.56. The number of hydrogen-bond donors (Lipinski definition) is 2. The molecule has 0 radical (unpaired) electrons. The van der Waals surface area contributed by atoms with Gasteiger partial charge in [-0.1, -0.05) is 24.3 Å². The molecular formula is C14H18N2O2. The summed E-state index contributed by atoms with van der Waals surface area (Å²) < 4.78 is 10.5. The largest absolute Gasteiger partial charge is 0.497 e. The van der Waals surface area contributed by atoms with E-state index in [2.05, 4.69) is 0 Å². The van der Waals surface area contributed by atoms with Crippen LogP contribution in [-0.4, -0.2) is 26.0 Å². The first-order valence-corrected chi connectivity index (χ1v) is 5.74. The van der Waals surface area contributed by atoms with Gasteiger partial charge in [-0.2, -0.15) is 0 Å². The third kappa shape index (κ3) is 2.18. The second-order valence-electron chi connectivity index (χ2n) is 4.25. The number of benzene rings is 1. The van der Waals surface area contributed by atoms with Crippen molar-refractivity contribution in [2.75, 3.05) is 14.2 Å². The Morgan fingerprint density at radius 1 is 1.28 bits per heavy atom. The van der Waals surface area contributed by atoms with Gasteiger partial charge in [0.2, 0.25) is 0 Å². The van der Waals surface area contributed by atoms with E-state index in [1.54, 1.807) is 20.3 Å². The Balaban J connectivity index is 2.38. The molecule has 0 aliphatic heterocycles. The number of ether oxygens (including phenoxy) is 2. The van der Waals surface area contributed by atoms with Crippen molar-refractivity contribution in [2.24, 2.45) is 11.5 Å². The van der Waals surface area contributed by atoms with E-state index in [9.17, 15) is 0 Å².